The van der Waals surface area contributed by atoms with Gasteiger partial charge in [0.2, 0.25) is 0 Å². The van der Waals surface area contributed by atoms with Gasteiger partial charge in [0, 0.05) is 23.5 Å². The number of piperidine rings is 1. The average molecular weight is 293 g/mol. The van der Waals surface area contributed by atoms with E-state index < -0.39 is 0 Å². The molecule has 2 unspecified atom stereocenters. The lowest BCUT2D eigenvalue weighted by atomic mass is 9.84. The van der Waals surface area contributed by atoms with Crippen molar-refractivity contribution in [1.29, 1.82) is 0 Å². The highest BCUT2D eigenvalue weighted by molar-refractivity contribution is 7.11. The van der Waals surface area contributed by atoms with Crippen molar-refractivity contribution in [2.24, 2.45) is 0 Å². The van der Waals surface area contributed by atoms with Crippen LogP contribution in [0.5, 0.6) is 0 Å². The van der Waals surface area contributed by atoms with Gasteiger partial charge in [0.15, 0.2) is 0 Å². The van der Waals surface area contributed by atoms with Crippen LogP contribution in [0.2, 0.25) is 0 Å². The smallest absolute Gasteiger partial charge is 0.113 e. The van der Waals surface area contributed by atoms with Crippen molar-refractivity contribution in [2.45, 2.75) is 70.5 Å². The summed E-state index contributed by atoms with van der Waals surface area (Å²) in [5, 5.41) is 5.31. The molecule has 1 aliphatic carbocycles. The summed E-state index contributed by atoms with van der Waals surface area (Å²) in [7, 11) is 2.25. The fourth-order valence-electron chi connectivity index (χ4n) is 3.32. The quantitative estimate of drug-likeness (QED) is 0.924. The number of rotatable bonds is 4. The van der Waals surface area contributed by atoms with E-state index in [0.29, 0.717) is 6.04 Å². The average Bonchev–Trinajstić information content (AvgIpc) is 3.14. The van der Waals surface area contributed by atoms with Gasteiger partial charge in [-0.25, -0.2) is 4.98 Å². The normalized spacial score (nSPS) is 31.7. The third-order valence-electron chi connectivity index (χ3n) is 4.98. The molecule has 2 fully saturated rings. The van der Waals surface area contributed by atoms with Crippen molar-refractivity contribution in [2.75, 3.05) is 13.6 Å². The second-order valence-corrected chi connectivity index (χ2v) is 7.86. The fraction of sp³-hybridized carbons (Fsp3) is 0.812. The van der Waals surface area contributed by atoms with Gasteiger partial charge in [-0.3, -0.25) is 0 Å². The predicted octanol–water partition coefficient (Wildman–Crippen LogP) is 3.08. The molecule has 1 aromatic rings. The van der Waals surface area contributed by atoms with Gasteiger partial charge < -0.3 is 10.2 Å². The minimum absolute atomic E-state index is 0.135. The Bertz CT molecular complexity index is 480. The molecule has 0 radical (unpaired) electrons. The van der Waals surface area contributed by atoms with Crippen molar-refractivity contribution < 1.29 is 0 Å². The molecule has 0 aromatic carbocycles. The predicted molar refractivity (Wildman–Crippen MR) is 85.4 cm³/mol. The second kappa shape index (κ2) is 5.39. The van der Waals surface area contributed by atoms with Gasteiger partial charge in [-0.2, -0.15) is 0 Å². The third-order valence-corrected chi connectivity index (χ3v) is 6.20. The first-order valence-corrected chi connectivity index (χ1v) is 8.80. The SMILES string of the molecule is CCc1nc(C2(NC3CC3)CCN(C)C(C)C2)sc1C. The van der Waals surface area contributed by atoms with Crippen LogP contribution in [0.25, 0.3) is 0 Å². The molecule has 0 bridgehead atoms. The zero-order chi connectivity index (χ0) is 14.3. The van der Waals surface area contributed by atoms with Crippen molar-refractivity contribution in [3.8, 4) is 0 Å². The Balaban J connectivity index is 1.91. The van der Waals surface area contributed by atoms with E-state index in [4.69, 9.17) is 4.98 Å². The molecule has 0 spiro atoms. The number of hydrogen-bond donors (Lipinski definition) is 1. The van der Waals surface area contributed by atoms with Crippen molar-refractivity contribution in [1.82, 2.24) is 15.2 Å². The minimum Gasteiger partial charge on any atom is -0.304 e. The van der Waals surface area contributed by atoms with Gasteiger partial charge in [0.25, 0.3) is 0 Å². The summed E-state index contributed by atoms with van der Waals surface area (Å²) < 4.78 is 0. The summed E-state index contributed by atoms with van der Waals surface area (Å²) in [4.78, 5) is 8.89. The van der Waals surface area contributed by atoms with Crippen LogP contribution in [0, 0.1) is 6.92 Å². The summed E-state index contributed by atoms with van der Waals surface area (Å²) in [6, 6.07) is 1.36. The summed E-state index contributed by atoms with van der Waals surface area (Å²) in [5.41, 5.74) is 1.43. The highest BCUT2D eigenvalue weighted by Crippen LogP contribution is 2.41. The molecule has 4 heteroatoms. The van der Waals surface area contributed by atoms with E-state index in [1.165, 1.54) is 47.8 Å². The van der Waals surface area contributed by atoms with Gasteiger partial charge >= 0.3 is 0 Å². The standard InChI is InChI=1S/C16H27N3S/c1-5-14-12(3)20-15(17-14)16(18-13-6-7-13)8-9-19(4)11(2)10-16/h11,13,18H,5-10H2,1-4H3. The molecule has 1 saturated heterocycles. The number of thiazole rings is 1. The van der Waals surface area contributed by atoms with Crippen LogP contribution < -0.4 is 5.32 Å². The zero-order valence-electron chi connectivity index (χ0n) is 13.2. The molecule has 2 atom stereocenters. The van der Waals surface area contributed by atoms with E-state index in [1.807, 2.05) is 11.3 Å². The van der Waals surface area contributed by atoms with Crippen LogP contribution >= 0.6 is 11.3 Å². The molecular weight excluding hydrogens is 266 g/mol. The van der Waals surface area contributed by atoms with Crippen LogP contribution in [-0.4, -0.2) is 35.6 Å². The first-order valence-electron chi connectivity index (χ1n) is 7.99. The molecule has 3 rings (SSSR count). The second-order valence-electron chi connectivity index (χ2n) is 6.66. The van der Waals surface area contributed by atoms with Crippen LogP contribution in [0.4, 0.5) is 0 Å². The van der Waals surface area contributed by atoms with E-state index in [2.05, 4.69) is 38.0 Å². The van der Waals surface area contributed by atoms with E-state index in [-0.39, 0.29) is 5.54 Å². The summed E-state index contributed by atoms with van der Waals surface area (Å²) in [6.07, 6.45) is 6.13. The summed E-state index contributed by atoms with van der Waals surface area (Å²) in [5.74, 6) is 0. The van der Waals surface area contributed by atoms with Gasteiger partial charge in [-0.05, 0) is 53.0 Å². The molecule has 1 aliphatic heterocycles. The number of nitrogens with one attached hydrogen (secondary N) is 1. The van der Waals surface area contributed by atoms with E-state index in [9.17, 15) is 0 Å². The zero-order valence-corrected chi connectivity index (χ0v) is 14.0. The molecule has 1 saturated carbocycles. The fourth-order valence-corrected chi connectivity index (χ4v) is 4.51. The number of aromatic nitrogens is 1. The van der Waals surface area contributed by atoms with E-state index in [0.717, 1.165) is 12.5 Å². The number of aryl methyl sites for hydroxylation is 2. The third kappa shape index (κ3) is 2.66. The Morgan fingerprint density at radius 1 is 1.45 bits per heavy atom. The summed E-state index contributed by atoms with van der Waals surface area (Å²) >= 11 is 1.93. The Morgan fingerprint density at radius 3 is 2.75 bits per heavy atom. The molecule has 3 nitrogen and oxygen atoms in total. The van der Waals surface area contributed by atoms with Crippen LogP contribution in [-0.2, 0) is 12.0 Å². The minimum atomic E-state index is 0.135. The highest BCUT2D eigenvalue weighted by Gasteiger charge is 2.44. The van der Waals surface area contributed by atoms with E-state index in [1.54, 1.807) is 0 Å². The Morgan fingerprint density at radius 2 is 2.20 bits per heavy atom. The lowest BCUT2D eigenvalue weighted by Crippen LogP contribution is -2.54. The Labute approximate surface area is 126 Å². The first kappa shape index (κ1) is 14.5. The molecule has 2 heterocycles. The number of likely N-dealkylation sites (tertiary alicyclic amines) is 1. The maximum atomic E-state index is 5.00. The largest absolute Gasteiger partial charge is 0.304 e. The van der Waals surface area contributed by atoms with Crippen molar-refractivity contribution >= 4 is 11.3 Å². The van der Waals surface area contributed by atoms with Crippen molar-refractivity contribution in [3.05, 3.63) is 15.6 Å². The van der Waals surface area contributed by atoms with Gasteiger partial charge in [0.1, 0.15) is 5.01 Å². The molecule has 112 valence electrons. The lowest BCUT2D eigenvalue weighted by molar-refractivity contribution is 0.104. The number of hydrogen-bond acceptors (Lipinski definition) is 4. The van der Waals surface area contributed by atoms with Gasteiger partial charge in [-0.1, -0.05) is 6.92 Å². The molecule has 0 amide bonds. The first-order chi connectivity index (χ1) is 9.54. The topological polar surface area (TPSA) is 28.2 Å². The molecule has 1 aromatic heterocycles. The molecule has 1 N–H and O–H groups in total. The molecular formula is C16H27N3S. The maximum absolute atomic E-state index is 5.00. The Hall–Kier alpha value is -0.450. The number of nitrogens with zero attached hydrogens (tertiary/aromatic N) is 2. The molecule has 2 aliphatic rings. The summed E-state index contributed by atoms with van der Waals surface area (Å²) in [6.45, 7) is 7.96. The highest BCUT2D eigenvalue weighted by atomic mass is 32.1. The van der Waals surface area contributed by atoms with Crippen LogP contribution in [0.3, 0.4) is 0 Å². The monoisotopic (exact) mass is 293 g/mol. The lowest BCUT2D eigenvalue weighted by Gasteiger charge is -2.44. The van der Waals surface area contributed by atoms with Crippen molar-refractivity contribution in [3.63, 3.8) is 0 Å². The van der Waals surface area contributed by atoms with Gasteiger partial charge in [0.05, 0.1) is 11.2 Å². The van der Waals surface area contributed by atoms with E-state index >= 15 is 0 Å². The van der Waals surface area contributed by atoms with Gasteiger partial charge in [-0.15, -0.1) is 11.3 Å². The maximum Gasteiger partial charge on any atom is 0.113 e. The van der Waals surface area contributed by atoms with Crippen LogP contribution in [0.15, 0.2) is 0 Å². The van der Waals surface area contributed by atoms with Crippen LogP contribution in [0.1, 0.15) is 55.1 Å². The molecule has 20 heavy (non-hydrogen) atoms. The Kier molecular flexibility index (Phi) is 3.91.